The Hall–Kier alpha value is -1.41. The SMILES string of the molecule is COc1cc(C#N)c(C(F)(F)F)c(CCl)c1. The standard InChI is InChI=1S/C10H7ClF3NO/c1-16-8-2-6(4-11)9(10(12,13)14)7(3-8)5-15/h2-3H,4H2,1H3. The molecule has 2 nitrogen and oxygen atoms in total. The van der Waals surface area contributed by atoms with Gasteiger partial charge in [0.05, 0.1) is 24.3 Å². The highest BCUT2D eigenvalue weighted by molar-refractivity contribution is 6.17. The van der Waals surface area contributed by atoms with Crippen molar-refractivity contribution in [2.45, 2.75) is 12.1 Å². The number of halogens is 4. The Morgan fingerprint density at radius 3 is 2.44 bits per heavy atom. The van der Waals surface area contributed by atoms with E-state index in [1.165, 1.54) is 19.2 Å². The molecule has 0 aliphatic heterocycles. The maximum atomic E-state index is 12.7. The minimum Gasteiger partial charge on any atom is -0.497 e. The van der Waals surface area contributed by atoms with Gasteiger partial charge in [0.15, 0.2) is 0 Å². The van der Waals surface area contributed by atoms with E-state index >= 15 is 0 Å². The van der Waals surface area contributed by atoms with Crippen molar-refractivity contribution < 1.29 is 17.9 Å². The first-order valence-electron chi connectivity index (χ1n) is 4.18. The van der Waals surface area contributed by atoms with Crippen LogP contribution in [0.2, 0.25) is 0 Å². The van der Waals surface area contributed by atoms with Crippen LogP contribution >= 0.6 is 11.6 Å². The molecule has 0 aliphatic carbocycles. The quantitative estimate of drug-likeness (QED) is 0.753. The van der Waals surface area contributed by atoms with Crippen LogP contribution in [0.4, 0.5) is 13.2 Å². The van der Waals surface area contributed by atoms with Crippen LogP contribution < -0.4 is 4.74 Å². The van der Waals surface area contributed by atoms with Crippen molar-refractivity contribution in [3.05, 3.63) is 28.8 Å². The van der Waals surface area contributed by atoms with Gasteiger partial charge >= 0.3 is 6.18 Å². The van der Waals surface area contributed by atoms with Crippen LogP contribution in [-0.4, -0.2) is 7.11 Å². The molecule has 0 heterocycles. The van der Waals surface area contributed by atoms with Crippen molar-refractivity contribution in [3.8, 4) is 11.8 Å². The molecule has 0 radical (unpaired) electrons. The van der Waals surface area contributed by atoms with E-state index in [1.807, 2.05) is 0 Å². The molecular formula is C10H7ClF3NO. The van der Waals surface area contributed by atoms with E-state index in [9.17, 15) is 13.2 Å². The molecule has 1 rings (SSSR count). The molecule has 0 atom stereocenters. The van der Waals surface area contributed by atoms with E-state index in [4.69, 9.17) is 21.6 Å². The minimum atomic E-state index is -4.60. The lowest BCUT2D eigenvalue weighted by Crippen LogP contribution is -2.11. The van der Waals surface area contributed by atoms with Gasteiger partial charge in [-0.3, -0.25) is 0 Å². The van der Waals surface area contributed by atoms with Crippen LogP contribution in [0.1, 0.15) is 16.7 Å². The second-order valence-electron chi connectivity index (χ2n) is 2.95. The molecule has 0 aliphatic rings. The molecule has 0 aromatic heterocycles. The second-order valence-corrected chi connectivity index (χ2v) is 3.22. The second kappa shape index (κ2) is 4.62. The van der Waals surface area contributed by atoms with E-state index in [-0.39, 0.29) is 17.2 Å². The zero-order valence-electron chi connectivity index (χ0n) is 8.23. The summed E-state index contributed by atoms with van der Waals surface area (Å²) in [4.78, 5) is 0. The van der Waals surface area contributed by atoms with E-state index < -0.39 is 17.3 Å². The summed E-state index contributed by atoms with van der Waals surface area (Å²) in [6.45, 7) is 0. The lowest BCUT2D eigenvalue weighted by molar-refractivity contribution is -0.138. The number of benzene rings is 1. The fourth-order valence-corrected chi connectivity index (χ4v) is 1.53. The highest BCUT2D eigenvalue weighted by Gasteiger charge is 2.36. The highest BCUT2D eigenvalue weighted by Crippen LogP contribution is 2.37. The van der Waals surface area contributed by atoms with Crippen molar-refractivity contribution >= 4 is 11.6 Å². The summed E-state index contributed by atoms with van der Waals surface area (Å²) in [5, 5.41) is 8.67. The third kappa shape index (κ3) is 2.39. The van der Waals surface area contributed by atoms with Gasteiger partial charge in [-0.15, -0.1) is 11.6 Å². The molecule has 0 fully saturated rings. The summed E-state index contributed by atoms with van der Waals surface area (Å²) in [6, 6.07) is 3.71. The third-order valence-corrected chi connectivity index (χ3v) is 2.27. The Kier molecular flexibility index (Phi) is 3.66. The molecule has 0 unspecified atom stereocenters. The van der Waals surface area contributed by atoms with Crippen molar-refractivity contribution in [2.75, 3.05) is 7.11 Å². The number of alkyl halides is 4. The van der Waals surface area contributed by atoms with E-state index in [0.717, 1.165) is 6.07 Å². The molecule has 6 heteroatoms. The van der Waals surface area contributed by atoms with Crippen molar-refractivity contribution in [3.63, 3.8) is 0 Å². The summed E-state index contributed by atoms with van der Waals surface area (Å²) in [7, 11) is 1.31. The summed E-state index contributed by atoms with van der Waals surface area (Å²) in [5.41, 5.74) is -1.64. The van der Waals surface area contributed by atoms with Gasteiger partial charge < -0.3 is 4.74 Å². The topological polar surface area (TPSA) is 33.0 Å². The number of nitrogens with zero attached hydrogens (tertiary/aromatic N) is 1. The van der Waals surface area contributed by atoms with Gasteiger partial charge in [0.25, 0.3) is 0 Å². The molecule has 0 spiro atoms. The van der Waals surface area contributed by atoms with E-state index in [0.29, 0.717) is 0 Å². The molecule has 86 valence electrons. The Bertz CT molecular complexity index is 437. The zero-order valence-corrected chi connectivity index (χ0v) is 8.99. The number of hydrogen-bond acceptors (Lipinski definition) is 2. The van der Waals surface area contributed by atoms with Crippen LogP contribution in [-0.2, 0) is 12.1 Å². The monoisotopic (exact) mass is 249 g/mol. The molecule has 0 amide bonds. The van der Waals surface area contributed by atoms with Gasteiger partial charge in [-0.1, -0.05) is 0 Å². The molecule has 1 aromatic rings. The van der Waals surface area contributed by atoms with Gasteiger partial charge in [0.1, 0.15) is 5.75 Å². The highest BCUT2D eigenvalue weighted by atomic mass is 35.5. The third-order valence-electron chi connectivity index (χ3n) is 1.98. The minimum absolute atomic E-state index is 0.162. The van der Waals surface area contributed by atoms with Gasteiger partial charge in [0.2, 0.25) is 0 Å². The number of rotatable bonds is 2. The molecular weight excluding hydrogens is 243 g/mol. The van der Waals surface area contributed by atoms with Crippen LogP contribution in [0.3, 0.4) is 0 Å². The predicted molar refractivity (Wildman–Crippen MR) is 52.3 cm³/mol. The predicted octanol–water partition coefficient (Wildman–Crippen LogP) is 3.32. The smallest absolute Gasteiger partial charge is 0.417 e. The molecule has 0 saturated carbocycles. The number of ether oxygens (including phenoxy) is 1. The van der Waals surface area contributed by atoms with Gasteiger partial charge in [0, 0.05) is 5.88 Å². The number of hydrogen-bond donors (Lipinski definition) is 0. The molecule has 1 aromatic carbocycles. The maximum absolute atomic E-state index is 12.7. The maximum Gasteiger partial charge on any atom is 0.417 e. The Morgan fingerprint density at radius 1 is 1.44 bits per heavy atom. The molecule has 0 bridgehead atoms. The lowest BCUT2D eigenvalue weighted by Gasteiger charge is -2.14. The van der Waals surface area contributed by atoms with Crippen molar-refractivity contribution in [1.82, 2.24) is 0 Å². The summed E-state index contributed by atoms with van der Waals surface area (Å²) in [6.07, 6.45) is -4.60. The van der Waals surface area contributed by atoms with E-state index in [1.54, 1.807) is 0 Å². The fraction of sp³-hybridized carbons (Fsp3) is 0.300. The first-order valence-corrected chi connectivity index (χ1v) is 4.71. The Morgan fingerprint density at radius 2 is 2.06 bits per heavy atom. The van der Waals surface area contributed by atoms with Gasteiger partial charge in [-0.05, 0) is 17.7 Å². The average Bonchev–Trinajstić information content (AvgIpc) is 2.25. The molecule has 16 heavy (non-hydrogen) atoms. The summed E-state index contributed by atoms with van der Waals surface area (Å²) < 4.78 is 42.8. The van der Waals surface area contributed by atoms with Crippen LogP contribution in [0.25, 0.3) is 0 Å². The largest absolute Gasteiger partial charge is 0.497 e. The van der Waals surface area contributed by atoms with Crippen LogP contribution in [0.15, 0.2) is 12.1 Å². The lowest BCUT2D eigenvalue weighted by atomic mass is 10.0. The van der Waals surface area contributed by atoms with E-state index in [2.05, 4.69) is 0 Å². The fourth-order valence-electron chi connectivity index (χ4n) is 1.32. The van der Waals surface area contributed by atoms with Crippen molar-refractivity contribution in [2.24, 2.45) is 0 Å². The molecule has 0 N–H and O–H groups in total. The first kappa shape index (κ1) is 12.7. The van der Waals surface area contributed by atoms with Gasteiger partial charge in [-0.2, -0.15) is 18.4 Å². The summed E-state index contributed by atoms with van der Waals surface area (Å²) in [5.74, 6) is -0.152. The van der Waals surface area contributed by atoms with Crippen LogP contribution in [0, 0.1) is 11.3 Å². The zero-order chi connectivity index (χ0) is 12.3. The average molecular weight is 250 g/mol. The van der Waals surface area contributed by atoms with Gasteiger partial charge in [-0.25, -0.2) is 0 Å². The molecule has 0 saturated heterocycles. The Labute approximate surface area is 95.2 Å². The summed E-state index contributed by atoms with van der Waals surface area (Å²) >= 11 is 5.43. The number of methoxy groups -OCH3 is 1. The Balaban J connectivity index is 3.52. The van der Waals surface area contributed by atoms with Crippen LogP contribution in [0.5, 0.6) is 5.75 Å². The normalized spacial score (nSPS) is 11.0. The first-order chi connectivity index (χ1) is 7.43. The number of nitriles is 1. The van der Waals surface area contributed by atoms with Crippen molar-refractivity contribution in [1.29, 1.82) is 5.26 Å².